The minimum Gasteiger partial charge on any atom is -0.493 e. The van der Waals surface area contributed by atoms with Crippen molar-refractivity contribution < 1.29 is 19.1 Å². The lowest BCUT2D eigenvalue weighted by molar-refractivity contribution is 0.0728. The number of ether oxygens (including phenoxy) is 2. The Bertz CT molecular complexity index is 1130. The van der Waals surface area contributed by atoms with Gasteiger partial charge < -0.3 is 9.47 Å². The average molecular weight is 502 g/mol. The molecule has 3 rings (SSSR count). The molecule has 3 aromatic rings. The van der Waals surface area contributed by atoms with Crippen LogP contribution in [0.2, 0.25) is 5.02 Å². The van der Waals surface area contributed by atoms with Crippen molar-refractivity contribution in [2.45, 2.75) is 6.92 Å². The molecule has 6 nitrogen and oxygen atoms in total. The Balaban J connectivity index is 1.73. The maximum absolute atomic E-state index is 12.5. The largest absolute Gasteiger partial charge is 0.493 e. The van der Waals surface area contributed by atoms with Crippen LogP contribution in [0.1, 0.15) is 31.8 Å². The van der Waals surface area contributed by atoms with Crippen LogP contribution < -0.4 is 14.9 Å². The van der Waals surface area contributed by atoms with Gasteiger partial charge in [0.1, 0.15) is 0 Å². The third-order valence-corrected chi connectivity index (χ3v) is 5.06. The highest BCUT2D eigenvalue weighted by atomic mass is 79.9. The lowest BCUT2D eigenvalue weighted by Gasteiger charge is -2.12. The van der Waals surface area contributed by atoms with Crippen LogP contribution in [0.5, 0.6) is 11.5 Å². The Kier molecular flexibility index (Phi) is 7.44. The second kappa shape index (κ2) is 10.2. The minimum absolute atomic E-state index is 0.246. The summed E-state index contributed by atoms with van der Waals surface area (Å²) in [4.78, 5) is 24.6. The van der Waals surface area contributed by atoms with Crippen LogP contribution in [-0.4, -0.2) is 25.2 Å². The van der Waals surface area contributed by atoms with Crippen LogP contribution in [0, 0.1) is 6.92 Å². The van der Waals surface area contributed by atoms with E-state index in [9.17, 15) is 9.59 Å². The summed E-state index contributed by atoms with van der Waals surface area (Å²) in [6, 6.07) is 16.8. The van der Waals surface area contributed by atoms with E-state index in [-0.39, 0.29) is 11.7 Å². The molecule has 0 aliphatic rings. The Morgan fingerprint density at radius 2 is 1.68 bits per heavy atom. The van der Waals surface area contributed by atoms with Gasteiger partial charge in [0, 0.05) is 10.6 Å². The molecule has 0 aliphatic carbocycles. The lowest BCUT2D eigenvalue weighted by Crippen LogP contribution is -2.17. The van der Waals surface area contributed by atoms with Gasteiger partial charge in [-0.15, -0.1) is 0 Å². The van der Waals surface area contributed by atoms with E-state index in [1.165, 1.54) is 13.3 Å². The normalized spacial score (nSPS) is 10.7. The fraction of sp³-hybridized carbons (Fsp3) is 0.0870. The van der Waals surface area contributed by atoms with Gasteiger partial charge in [0.2, 0.25) is 0 Å². The Hall–Kier alpha value is -3.16. The molecule has 0 radical (unpaired) electrons. The summed E-state index contributed by atoms with van der Waals surface area (Å²) in [5.41, 5.74) is 4.96. The number of aryl methyl sites for hydroxylation is 1. The predicted octanol–water partition coefficient (Wildman–Crippen LogP) is 5.40. The molecule has 0 spiro atoms. The minimum atomic E-state index is -0.504. The Labute approximate surface area is 193 Å². The number of rotatable bonds is 6. The fourth-order valence-electron chi connectivity index (χ4n) is 2.59. The van der Waals surface area contributed by atoms with Gasteiger partial charge in [0.05, 0.1) is 23.4 Å². The first-order chi connectivity index (χ1) is 14.9. The summed E-state index contributed by atoms with van der Waals surface area (Å²) in [5, 5.41) is 4.50. The molecule has 1 N–H and O–H groups in total. The van der Waals surface area contributed by atoms with Crippen LogP contribution >= 0.6 is 27.5 Å². The lowest BCUT2D eigenvalue weighted by atomic mass is 10.1. The number of carbonyl (C=O) groups is 2. The quantitative estimate of drug-likeness (QED) is 0.212. The fourth-order valence-corrected chi connectivity index (χ4v) is 3.25. The second-order valence-corrected chi connectivity index (χ2v) is 7.79. The summed E-state index contributed by atoms with van der Waals surface area (Å²) in [5.74, 6) is -0.297. The Morgan fingerprint density at radius 3 is 2.32 bits per heavy atom. The molecule has 0 aromatic heterocycles. The second-order valence-electron chi connectivity index (χ2n) is 6.50. The number of esters is 1. The van der Waals surface area contributed by atoms with Gasteiger partial charge in [-0.25, -0.2) is 10.2 Å². The summed E-state index contributed by atoms with van der Waals surface area (Å²) >= 11 is 9.22. The third kappa shape index (κ3) is 5.93. The molecule has 3 aromatic carbocycles. The van der Waals surface area contributed by atoms with Crippen molar-refractivity contribution in [3.63, 3.8) is 0 Å². The van der Waals surface area contributed by atoms with E-state index in [1.54, 1.807) is 48.5 Å². The molecule has 0 atom stereocenters. The third-order valence-electron chi connectivity index (χ3n) is 4.22. The van der Waals surface area contributed by atoms with Gasteiger partial charge >= 0.3 is 5.97 Å². The van der Waals surface area contributed by atoms with Gasteiger partial charge in [-0.1, -0.05) is 29.3 Å². The van der Waals surface area contributed by atoms with Crippen LogP contribution in [-0.2, 0) is 0 Å². The van der Waals surface area contributed by atoms with Crippen molar-refractivity contribution in [3.8, 4) is 11.5 Å². The highest BCUT2D eigenvalue weighted by Gasteiger charge is 2.16. The first-order valence-corrected chi connectivity index (χ1v) is 10.3. The zero-order valence-electron chi connectivity index (χ0n) is 16.7. The van der Waals surface area contributed by atoms with Crippen molar-refractivity contribution in [2.24, 2.45) is 5.10 Å². The number of nitrogens with one attached hydrogen (secondary N) is 1. The molecule has 0 bridgehead atoms. The molecule has 31 heavy (non-hydrogen) atoms. The van der Waals surface area contributed by atoms with E-state index in [2.05, 4.69) is 26.5 Å². The predicted molar refractivity (Wildman–Crippen MR) is 123 cm³/mol. The standard InChI is InChI=1S/C23H18BrClN2O4/c1-14-3-5-17(6-4-14)23(29)31-21-19(24)11-15(12-20(21)30-2)13-26-27-22(28)16-7-9-18(25)10-8-16/h3-13H,1-2H3,(H,27,28)/b26-13+. The van der Waals surface area contributed by atoms with Crippen LogP contribution in [0.15, 0.2) is 70.2 Å². The number of amides is 1. The summed E-state index contributed by atoms with van der Waals surface area (Å²) < 4.78 is 11.4. The summed E-state index contributed by atoms with van der Waals surface area (Å²) in [6.07, 6.45) is 1.45. The van der Waals surface area contributed by atoms with Crippen molar-refractivity contribution >= 4 is 45.6 Å². The average Bonchev–Trinajstić information content (AvgIpc) is 2.76. The monoisotopic (exact) mass is 500 g/mol. The molecule has 8 heteroatoms. The van der Waals surface area contributed by atoms with Crippen molar-refractivity contribution in [1.82, 2.24) is 5.43 Å². The van der Waals surface area contributed by atoms with E-state index in [1.807, 2.05) is 19.1 Å². The number of carbonyl (C=O) groups excluding carboxylic acids is 2. The van der Waals surface area contributed by atoms with E-state index in [0.717, 1.165) is 5.56 Å². The molecule has 0 saturated heterocycles. The zero-order valence-corrected chi connectivity index (χ0v) is 19.0. The van der Waals surface area contributed by atoms with E-state index in [4.69, 9.17) is 21.1 Å². The van der Waals surface area contributed by atoms with Crippen molar-refractivity contribution in [2.75, 3.05) is 7.11 Å². The van der Waals surface area contributed by atoms with Gasteiger partial charge in [0.25, 0.3) is 5.91 Å². The van der Waals surface area contributed by atoms with E-state index in [0.29, 0.717) is 31.9 Å². The molecule has 0 saturated carbocycles. The highest BCUT2D eigenvalue weighted by molar-refractivity contribution is 9.10. The van der Waals surface area contributed by atoms with Gasteiger partial charge in [-0.05, 0) is 76.9 Å². The van der Waals surface area contributed by atoms with Crippen LogP contribution in [0.3, 0.4) is 0 Å². The number of halogens is 2. The first kappa shape index (κ1) is 22.5. The molecule has 158 valence electrons. The SMILES string of the molecule is COc1cc(/C=N/NC(=O)c2ccc(Cl)cc2)cc(Br)c1OC(=O)c1ccc(C)cc1. The Morgan fingerprint density at radius 1 is 1.03 bits per heavy atom. The number of hydrazone groups is 1. The number of hydrogen-bond donors (Lipinski definition) is 1. The summed E-state index contributed by atoms with van der Waals surface area (Å²) in [7, 11) is 1.47. The molecule has 0 heterocycles. The molecule has 1 amide bonds. The molecule has 0 unspecified atom stereocenters. The smallest absolute Gasteiger partial charge is 0.343 e. The first-order valence-electron chi connectivity index (χ1n) is 9.12. The van der Waals surface area contributed by atoms with E-state index >= 15 is 0 Å². The summed E-state index contributed by atoms with van der Waals surface area (Å²) in [6.45, 7) is 1.94. The van der Waals surface area contributed by atoms with Crippen molar-refractivity contribution in [1.29, 1.82) is 0 Å². The van der Waals surface area contributed by atoms with Gasteiger partial charge in [-0.2, -0.15) is 5.10 Å². The molecule has 0 fully saturated rings. The van der Waals surface area contributed by atoms with Crippen LogP contribution in [0.25, 0.3) is 0 Å². The molecular weight excluding hydrogens is 484 g/mol. The molecule has 0 aliphatic heterocycles. The maximum Gasteiger partial charge on any atom is 0.343 e. The van der Waals surface area contributed by atoms with Gasteiger partial charge in [0.15, 0.2) is 11.5 Å². The molecular formula is C23H18BrClN2O4. The van der Waals surface area contributed by atoms with Gasteiger partial charge in [-0.3, -0.25) is 4.79 Å². The number of nitrogens with zero attached hydrogens (tertiary/aromatic N) is 1. The van der Waals surface area contributed by atoms with Crippen LogP contribution in [0.4, 0.5) is 0 Å². The number of hydrogen-bond acceptors (Lipinski definition) is 5. The zero-order chi connectivity index (χ0) is 22.4. The van der Waals surface area contributed by atoms with E-state index < -0.39 is 5.97 Å². The van der Waals surface area contributed by atoms with Crippen molar-refractivity contribution in [3.05, 3.63) is 92.4 Å². The topological polar surface area (TPSA) is 77.0 Å². The number of methoxy groups -OCH3 is 1. The highest BCUT2D eigenvalue weighted by Crippen LogP contribution is 2.36. The maximum atomic E-state index is 12.5. The number of benzene rings is 3.